The van der Waals surface area contributed by atoms with Crippen molar-refractivity contribution < 1.29 is 9.47 Å². The summed E-state index contributed by atoms with van der Waals surface area (Å²) in [6, 6.07) is 11.6. The van der Waals surface area contributed by atoms with Gasteiger partial charge in [0, 0.05) is 27.9 Å². The standard InChI is InChI=1S/C18H15BrClN3O2S/c1-23-17(11-2-4-13(20)5-3-11)21-22-18(23)26-10-12-8-15-16(9-14(12)19)25-7-6-24-15/h2-5,8-9H,6-7,10H2,1H3. The summed E-state index contributed by atoms with van der Waals surface area (Å²) in [6.45, 7) is 1.16. The van der Waals surface area contributed by atoms with E-state index in [0.29, 0.717) is 18.2 Å². The third kappa shape index (κ3) is 3.56. The van der Waals surface area contributed by atoms with Crippen LogP contribution < -0.4 is 9.47 Å². The summed E-state index contributed by atoms with van der Waals surface area (Å²) in [4.78, 5) is 0. The number of aromatic nitrogens is 3. The molecule has 0 atom stereocenters. The van der Waals surface area contributed by atoms with Crippen LogP contribution in [0.15, 0.2) is 46.0 Å². The maximum absolute atomic E-state index is 5.96. The normalized spacial score (nSPS) is 13.0. The Hall–Kier alpha value is -1.70. The molecule has 0 fully saturated rings. The van der Waals surface area contributed by atoms with Crippen molar-refractivity contribution in [1.29, 1.82) is 0 Å². The number of benzene rings is 2. The Balaban J connectivity index is 1.53. The lowest BCUT2D eigenvalue weighted by Gasteiger charge is -2.19. The number of thioether (sulfide) groups is 1. The molecule has 0 saturated heterocycles. The predicted molar refractivity (Wildman–Crippen MR) is 106 cm³/mol. The van der Waals surface area contributed by atoms with Crippen LogP contribution in [0.2, 0.25) is 5.02 Å². The van der Waals surface area contributed by atoms with Gasteiger partial charge in [-0.2, -0.15) is 0 Å². The fourth-order valence-electron chi connectivity index (χ4n) is 2.65. The van der Waals surface area contributed by atoms with Gasteiger partial charge in [-0.15, -0.1) is 10.2 Å². The van der Waals surface area contributed by atoms with Crippen LogP contribution in [0, 0.1) is 0 Å². The van der Waals surface area contributed by atoms with Crippen molar-refractivity contribution in [3.63, 3.8) is 0 Å². The van der Waals surface area contributed by atoms with E-state index < -0.39 is 0 Å². The highest BCUT2D eigenvalue weighted by molar-refractivity contribution is 9.10. The number of halogens is 2. The first kappa shape index (κ1) is 17.7. The molecule has 134 valence electrons. The van der Waals surface area contributed by atoms with Gasteiger partial charge in [0.25, 0.3) is 0 Å². The smallest absolute Gasteiger partial charge is 0.191 e. The average molecular weight is 453 g/mol. The lowest BCUT2D eigenvalue weighted by atomic mass is 10.2. The first-order chi connectivity index (χ1) is 12.6. The zero-order valence-corrected chi connectivity index (χ0v) is 17.1. The zero-order chi connectivity index (χ0) is 18.1. The highest BCUT2D eigenvalue weighted by Gasteiger charge is 2.16. The fraction of sp³-hybridized carbons (Fsp3) is 0.222. The van der Waals surface area contributed by atoms with Crippen molar-refractivity contribution >= 4 is 39.3 Å². The molecular formula is C18H15BrClN3O2S. The van der Waals surface area contributed by atoms with E-state index in [1.54, 1.807) is 11.8 Å². The largest absolute Gasteiger partial charge is 0.486 e. The number of rotatable bonds is 4. The van der Waals surface area contributed by atoms with Crippen LogP contribution >= 0.6 is 39.3 Å². The molecule has 1 aliphatic rings. The summed E-state index contributed by atoms with van der Waals surface area (Å²) in [5, 5.41) is 10.2. The molecule has 0 N–H and O–H groups in total. The van der Waals surface area contributed by atoms with Crippen LogP contribution in [0.4, 0.5) is 0 Å². The maximum Gasteiger partial charge on any atom is 0.191 e. The highest BCUT2D eigenvalue weighted by Crippen LogP contribution is 2.37. The average Bonchev–Trinajstić information content (AvgIpc) is 3.01. The third-order valence-electron chi connectivity index (χ3n) is 4.01. The molecular weight excluding hydrogens is 438 g/mol. The minimum absolute atomic E-state index is 0.578. The van der Waals surface area contributed by atoms with Gasteiger partial charge >= 0.3 is 0 Å². The van der Waals surface area contributed by atoms with Crippen LogP contribution in [-0.4, -0.2) is 28.0 Å². The minimum Gasteiger partial charge on any atom is -0.486 e. The van der Waals surface area contributed by atoms with Crippen molar-refractivity contribution in [3.8, 4) is 22.9 Å². The van der Waals surface area contributed by atoms with E-state index >= 15 is 0 Å². The van der Waals surface area contributed by atoms with Gasteiger partial charge in [-0.05, 0) is 42.0 Å². The first-order valence-electron chi connectivity index (χ1n) is 7.98. The van der Waals surface area contributed by atoms with Crippen molar-refractivity contribution in [3.05, 3.63) is 51.5 Å². The molecule has 0 saturated carbocycles. The Labute approximate surface area is 168 Å². The molecule has 2 heterocycles. The lowest BCUT2D eigenvalue weighted by molar-refractivity contribution is 0.171. The maximum atomic E-state index is 5.96. The van der Waals surface area contributed by atoms with Crippen molar-refractivity contribution in [2.75, 3.05) is 13.2 Å². The van der Waals surface area contributed by atoms with E-state index in [0.717, 1.165) is 43.8 Å². The molecule has 0 spiro atoms. The fourth-order valence-corrected chi connectivity index (χ4v) is 4.33. The van der Waals surface area contributed by atoms with Gasteiger partial charge in [-0.25, -0.2) is 0 Å². The van der Waals surface area contributed by atoms with Crippen LogP contribution in [0.3, 0.4) is 0 Å². The molecule has 3 aromatic rings. The van der Waals surface area contributed by atoms with Crippen molar-refractivity contribution in [2.45, 2.75) is 10.9 Å². The van der Waals surface area contributed by atoms with Gasteiger partial charge in [-0.3, -0.25) is 0 Å². The Kier molecular flexibility index (Phi) is 5.11. The molecule has 8 heteroatoms. The van der Waals surface area contributed by atoms with E-state index in [1.165, 1.54) is 0 Å². The molecule has 1 aliphatic heterocycles. The molecule has 4 rings (SSSR count). The quantitative estimate of drug-likeness (QED) is 0.524. The summed E-state index contributed by atoms with van der Waals surface area (Å²) >= 11 is 11.2. The van der Waals surface area contributed by atoms with Gasteiger partial charge in [0.2, 0.25) is 0 Å². The summed E-state index contributed by atoms with van der Waals surface area (Å²) in [7, 11) is 1.96. The molecule has 0 bridgehead atoms. The molecule has 26 heavy (non-hydrogen) atoms. The number of hydrogen-bond donors (Lipinski definition) is 0. The van der Waals surface area contributed by atoms with Crippen LogP contribution in [0.1, 0.15) is 5.56 Å². The second-order valence-electron chi connectivity index (χ2n) is 5.75. The van der Waals surface area contributed by atoms with Crippen molar-refractivity contribution in [1.82, 2.24) is 14.8 Å². The zero-order valence-electron chi connectivity index (χ0n) is 13.9. The van der Waals surface area contributed by atoms with Gasteiger partial charge < -0.3 is 14.0 Å². The SMILES string of the molecule is Cn1c(SCc2cc3c(cc2Br)OCCO3)nnc1-c1ccc(Cl)cc1. The third-order valence-corrected chi connectivity index (χ3v) is 6.06. The molecule has 1 aromatic heterocycles. The minimum atomic E-state index is 0.578. The summed E-state index contributed by atoms with van der Waals surface area (Å²) < 4.78 is 14.3. The number of fused-ring (bicyclic) bond motifs is 1. The van der Waals surface area contributed by atoms with Crippen LogP contribution in [-0.2, 0) is 12.8 Å². The van der Waals surface area contributed by atoms with E-state index in [1.807, 2.05) is 48.0 Å². The second kappa shape index (κ2) is 7.50. The second-order valence-corrected chi connectivity index (χ2v) is 7.98. The monoisotopic (exact) mass is 451 g/mol. The van der Waals surface area contributed by atoms with Crippen molar-refractivity contribution in [2.24, 2.45) is 7.05 Å². The Morgan fingerprint density at radius 3 is 2.54 bits per heavy atom. The highest BCUT2D eigenvalue weighted by atomic mass is 79.9. The molecule has 0 radical (unpaired) electrons. The number of ether oxygens (including phenoxy) is 2. The molecule has 2 aromatic carbocycles. The van der Waals surface area contributed by atoms with E-state index in [9.17, 15) is 0 Å². The molecule has 0 aliphatic carbocycles. The Morgan fingerprint density at radius 2 is 1.81 bits per heavy atom. The number of nitrogens with zero attached hydrogens (tertiary/aromatic N) is 3. The predicted octanol–water partition coefficient (Wildman–Crippen LogP) is 4.96. The van der Waals surface area contributed by atoms with E-state index in [-0.39, 0.29) is 0 Å². The van der Waals surface area contributed by atoms with Gasteiger partial charge in [0.1, 0.15) is 13.2 Å². The Morgan fingerprint density at radius 1 is 1.12 bits per heavy atom. The summed E-state index contributed by atoms with van der Waals surface area (Å²) in [5.74, 6) is 3.12. The van der Waals surface area contributed by atoms with E-state index in [2.05, 4.69) is 26.1 Å². The molecule has 0 unspecified atom stereocenters. The lowest BCUT2D eigenvalue weighted by Crippen LogP contribution is -2.15. The molecule has 5 nitrogen and oxygen atoms in total. The van der Waals surface area contributed by atoms with Gasteiger partial charge in [0.05, 0.1) is 0 Å². The summed E-state index contributed by atoms with van der Waals surface area (Å²) in [6.07, 6.45) is 0. The van der Waals surface area contributed by atoms with Crippen LogP contribution in [0.25, 0.3) is 11.4 Å². The van der Waals surface area contributed by atoms with Gasteiger partial charge in [0.15, 0.2) is 22.5 Å². The first-order valence-corrected chi connectivity index (χ1v) is 10.1. The van der Waals surface area contributed by atoms with Crippen LogP contribution in [0.5, 0.6) is 11.5 Å². The number of hydrogen-bond acceptors (Lipinski definition) is 5. The molecule has 0 amide bonds. The van der Waals surface area contributed by atoms with Gasteiger partial charge in [-0.1, -0.05) is 39.3 Å². The summed E-state index contributed by atoms with van der Waals surface area (Å²) in [5.41, 5.74) is 2.10. The Bertz CT molecular complexity index is 946. The topological polar surface area (TPSA) is 49.2 Å². The van der Waals surface area contributed by atoms with E-state index in [4.69, 9.17) is 21.1 Å².